The Morgan fingerprint density at radius 3 is 2.86 bits per heavy atom. The molecule has 0 amide bonds. The summed E-state index contributed by atoms with van der Waals surface area (Å²) >= 11 is 1.49. The van der Waals surface area contributed by atoms with Gasteiger partial charge in [-0.15, -0.1) is 11.3 Å². The van der Waals surface area contributed by atoms with Crippen LogP contribution < -0.4 is 0 Å². The van der Waals surface area contributed by atoms with Crippen molar-refractivity contribution < 1.29 is 9.90 Å². The molecule has 2 aromatic heterocycles. The number of aryl methyl sites for hydroxylation is 1. The molecule has 1 unspecified atom stereocenters. The van der Waals surface area contributed by atoms with Gasteiger partial charge in [0.25, 0.3) is 0 Å². The highest BCUT2D eigenvalue weighted by Crippen LogP contribution is 2.30. The van der Waals surface area contributed by atoms with Gasteiger partial charge in [0, 0.05) is 0 Å². The molecular formula is C16H14N2O2S. The lowest BCUT2D eigenvalue weighted by Gasteiger charge is -2.14. The first-order valence-electron chi connectivity index (χ1n) is 6.62. The van der Waals surface area contributed by atoms with Gasteiger partial charge in [0.05, 0.1) is 15.9 Å². The Hall–Kier alpha value is -2.27. The SMILES string of the molecule is Cc1ccccc1CC(C(=O)O)c1ncnc2ccsc12. The molecule has 0 aliphatic rings. The van der Waals surface area contributed by atoms with E-state index in [1.54, 1.807) is 0 Å². The molecule has 0 bridgehead atoms. The number of carboxylic acid groups (broad SMARTS) is 1. The molecule has 1 aromatic carbocycles. The van der Waals surface area contributed by atoms with Crippen LogP contribution in [0.1, 0.15) is 22.7 Å². The maximum absolute atomic E-state index is 11.7. The minimum absolute atomic E-state index is 0.437. The largest absolute Gasteiger partial charge is 0.481 e. The summed E-state index contributed by atoms with van der Waals surface area (Å²) < 4.78 is 0.860. The van der Waals surface area contributed by atoms with Crippen molar-refractivity contribution in [3.8, 4) is 0 Å². The van der Waals surface area contributed by atoms with E-state index in [4.69, 9.17) is 0 Å². The Morgan fingerprint density at radius 1 is 1.29 bits per heavy atom. The van der Waals surface area contributed by atoms with Crippen molar-refractivity contribution in [3.63, 3.8) is 0 Å². The second kappa shape index (κ2) is 5.61. The minimum atomic E-state index is -0.855. The smallest absolute Gasteiger partial charge is 0.312 e. The van der Waals surface area contributed by atoms with Gasteiger partial charge in [0.2, 0.25) is 0 Å². The van der Waals surface area contributed by atoms with Crippen molar-refractivity contribution in [2.45, 2.75) is 19.3 Å². The summed E-state index contributed by atoms with van der Waals surface area (Å²) in [6.07, 6.45) is 1.88. The zero-order valence-electron chi connectivity index (χ0n) is 11.5. The number of carboxylic acids is 1. The number of carbonyl (C=O) groups is 1. The Bertz CT molecular complexity index is 798. The van der Waals surface area contributed by atoms with Gasteiger partial charge in [0.1, 0.15) is 12.2 Å². The van der Waals surface area contributed by atoms with Crippen LogP contribution in [-0.4, -0.2) is 21.0 Å². The number of rotatable bonds is 4. The van der Waals surface area contributed by atoms with Gasteiger partial charge in [-0.05, 0) is 35.9 Å². The predicted octanol–water partition coefficient (Wildman–Crippen LogP) is 3.41. The highest BCUT2D eigenvalue weighted by Gasteiger charge is 2.25. The number of nitrogens with zero attached hydrogens (tertiary/aromatic N) is 2. The zero-order chi connectivity index (χ0) is 14.8. The molecule has 0 radical (unpaired) electrons. The van der Waals surface area contributed by atoms with E-state index < -0.39 is 11.9 Å². The second-order valence-corrected chi connectivity index (χ2v) is 5.83. The van der Waals surface area contributed by atoms with Gasteiger partial charge in [-0.1, -0.05) is 24.3 Å². The van der Waals surface area contributed by atoms with Gasteiger partial charge < -0.3 is 5.11 Å². The van der Waals surface area contributed by atoms with E-state index in [0.717, 1.165) is 21.3 Å². The first-order valence-corrected chi connectivity index (χ1v) is 7.50. The van der Waals surface area contributed by atoms with E-state index in [1.165, 1.54) is 17.7 Å². The molecular weight excluding hydrogens is 284 g/mol. The van der Waals surface area contributed by atoms with Crippen LogP contribution in [0.4, 0.5) is 0 Å². The summed E-state index contributed by atoms with van der Waals surface area (Å²) in [6.45, 7) is 1.99. The number of benzene rings is 1. The van der Waals surface area contributed by atoms with Crippen molar-refractivity contribution in [2.24, 2.45) is 0 Å². The summed E-state index contributed by atoms with van der Waals surface area (Å²) in [5.74, 6) is -1.51. The average molecular weight is 298 g/mol. The van der Waals surface area contributed by atoms with Gasteiger partial charge in [-0.3, -0.25) is 4.79 Å². The molecule has 1 atom stereocenters. The highest BCUT2D eigenvalue weighted by molar-refractivity contribution is 7.17. The van der Waals surface area contributed by atoms with Crippen LogP contribution >= 0.6 is 11.3 Å². The monoisotopic (exact) mass is 298 g/mol. The molecule has 1 N–H and O–H groups in total. The number of aromatic nitrogens is 2. The van der Waals surface area contributed by atoms with Crippen LogP contribution in [0.3, 0.4) is 0 Å². The molecule has 0 fully saturated rings. The van der Waals surface area contributed by atoms with Gasteiger partial charge >= 0.3 is 5.97 Å². The van der Waals surface area contributed by atoms with E-state index in [-0.39, 0.29) is 0 Å². The molecule has 0 aliphatic heterocycles. The zero-order valence-corrected chi connectivity index (χ0v) is 12.3. The van der Waals surface area contributed by atoms with Gasteiger partial charge in [-0.2, -0.15) is 0 Å². The van der Waals surface area contributed by atoms with Crippen LogP contribution in [0.15, 0.2) is 42.0 Å². The summed E-state index contributed by atoms with van der Waals surface area (Å²) in [5.41, 5.74) is 3.54. The fourth-order valence-corrected chi connectivity index (χ4v) is 3.31. The van der Waals surface area contributed by atoms with Crippen LogP contribution in [0.5, 0.6) is 0 Å². The lowest BCUT2D eigenvalue weighted by atomic mass is 9.93. The molecule has 3 aromatic rings. The van der Waals surface area contributed by atoms with E-state index in [0.29, 0.717) is 12.1 Å². The average Bonchev–Trinajstić information content (AvgIpc) is 2.94. The van der Waals surface area contributed by atoms with E-state index in [2.05, 4.69) is 9.97 Å². The molecule has 0 saturated heterocycles. The maximum atomic E-state index is 11.7. The summed E-state index contributed by atoms with van der Waals surface area (Å²) in [5, 5.41) is 11.5. The maximum Gasteiger partial charge on any atom is 0.312 e. The third-order valence-electron chi connectivity index (χ3n) is 3.58. The number of hydrogen-bond donors (Lipinski definition) is 1. The summed E-state index contributed by atoms with van der Waals surface area (Å²) in [7, 11) is 0. The topological polar surface area (TPSA) is 63.1 Å². The van der Waals surface area contributed by atoms with Crippen molar-refractivity contribution in [1.29, 1.82) is 0 Å². The summed E-state index contributed by atoms with van der Waals surface area (Å²) in [6, 6.07) is 9.74. The molecule has 106 valence electrons. The molecule has 21 heavy (non-hydrogen) atoms. The molecule has 2 heterocycles. The first-order chi connectivity index (χ1) is 10.2. The van der Waals surface area contributed by atoms with E-state index in [9.17, 15) is 9.90 Å². The second-order valence-electron chi connectivity index (χ2n) is 4.92. The van der Waals surface area contributed by atoms with Crippen molar-refractivity contribution in [3.05, 3.63) is 58.9 Å². The number of aliphatic carboxylic acids is 1. The minimum Gasteiger partial charge on any atom is -0.481 e. The molecule has 4 nitrogen and oxygen atoms in total. The van der Waals surface area contributed by atoms with Crippen LogP contribution in [0.2, 0.25) is 0 Å². The predicted molar refractivity (Wildman–Crippen MR) is 82.7 cm³/mol. The molecule has 0 spiro atoms. The van der Waals surface area contributed by atoms with Crippen LogP contribution in [-0.2, 0) is 11.2 Å². The highest BCUT2D eigenvalue weighted by atomic mass is 32.1. The fraction of sp³-hybridized carbons (Fsp3) is 0.188. The van der Waals surface area contributed by atoms with Crippen molar-refractivity contribution in [2.75, 3.05) is 0 Å². The van der Waals surface area contributed by atoms with E-state index >= 15 is 0 Å². The van der Waals surface area contributed by atoms with Crippen molar-refractivity contribution in [1.82, 2.24) is 9.97 Å². The fourth-order valence-electron chi connectivity index (χ4n) is 2.42. The third kappa shape index (κ3) is 2.64. The first kappa shape index (κ1) is 13.7. The van der Waals surface area contributed by atoms with Crippen LogP contribution in [0.25, 0.3) is 10.2 Å². The number of hydrogen-bond acceptors (Lipinski definition) is 4. The Balaban J connectivity index is 2.05. The van der Waals surface area contributed by atoms with Gasteiger partial charge in [0.15, 0.2) is 0 Å². The molecule has 0 aliphatic carbocycles. The molecule has 3 rings (SSSR count). The number of fused-ring (bicyclic) bond motifs is 1. The van der Waals surface area contributed by atoms with Gasteiger partial charge in [-0.25, -0.2) is 9.97 Å². The quantitative estimate of drug-likeness (QED) is 0.801. The summed E-state index contributed by atoms with van der Waals surface area (Å²) in [4.78, 5) is 20.1. The Kier molecular flexibility index (Phi) is 3.66. The lowest BCUT2D eigenvalue weighted by Crippen LogP contribution is -2.16. The van der Waals surface area contributed by atoms with E-state index in [1.807, 2.05) is 42.6 Å². The molecule has 0 saturated carbocycles. The van der Waals surface area contributed by atoms with Crippen molar-refractivity contribution >= 4 is 27.5 Å². The number of thiophene rings is 1. The normalized spacial score (nSPS) is 12.4. The Morgan fingerprint density at radius 2 is 2.10 bits per heavy atom. The Labute approximate surface area is 126 Å². The lowest BCUT2D eigenvalue weighted by molar-refractivity contribution is -0.138. The standard InChI is InChI=1S/C16H14N2O2S/c1-10-4-2-3-5-11(10)8-12(16(19)20)14-15-13(6-7-21-15)17-9-18-14/h2-7,9,12H,8H2,1H3,(H,19,20). The van der Waals surface area contributed by atoms with Crippen LogP contribution in [0, 0.1) is 6.92 Å². The molecule has 5 heteroatoms. The third-order valence-corrected chi connectivity index (χ3v) is 4.51.